The quantitative estimate of drug-likeness (QED) is 0.497. The summed E-state index contributed by atoms with van der Waals surface area (Å²) >= 11 is 0. The molecule has 0 radical (unpaired) electrons. The van der Waals surface area contributed by atoms with Gasteiger partial charge in [0, 0.05) is 39.1 Å². The summed E-state index contributed by atoms with van der Waals surface area (Å²) in [6.45, 7) is 4.49. The Morgan fingerprint density at radius 2 is 2.19 bits per heavy atom. The van der Waals surface area contributed by atoms with Gasteiger partial charge in [-0.2, -0.15) is 5.10 Å². The monoisotopic (exact) mass is 369 g/mol. The number of hydrogen-bond acceptors (Lipinski definition) is 4. The van der Waals surface area contributed by atoms with Crippen LogP contribution in [0.4, 0.5) is 0 Å². The number of benzene rings is 1. The zero-order valence-electron chi connectivity index (χ0n) is 16.0. The Morgan fingerprint density at radius 1 is 1.37 bits per heavy atom. The van der Waals surface area contributed by atoms with Crippen molar-refractivity contribution in [2.45, 2.75) is 26.3 Å². The third-order valence-electron chi connectivity index (χ3n) is 4.71. The number of likely N-dealkylation sites (tertiary alicyclic amines) is 1. The van der Waals surface area contributed by atoms with Crippen molar-refractivity contribution in [2.75, 3.05) is 26.7 Å². The molecular formula is C20H27N5O2. The Morgan fingerprint density at radius 3 is 2.85 bits per heavy atom. The summed E-state index contributed by atoms with van der Waals surface area (Å²) in [7, 11) is 1.77. The number of ether oxygens (including phenoxy) is 1. The molecule has 7 nitrogen and oxygen atoms in total. The van der Waals surface area contributed by atoms with Gasteiger partial charge in [-0.15, -0.1) is 0 Å². The van der Waals surface area contributed by atoms with Crippen LogP contribution in [0.2, 0.25) is 0 Å². The van der Waals surface area contributed by atoms with E-state index < -0.39 is 0 Å². The van der Waals surface area contributed by atoms with Crippen molar-refractivity contribution >= 4 is 11.9 Å². The van der Waals surface area contributed by atoms with Gasteiger partial charge >= 0.3 is 5.97 Å². The van der Waals surface area contributed by atoms with Crippen LogP contribution in [-0.2, 0) is 16.1 Å². The van der Waals surface area contributed by atoms with Gasteiger partial charge in [-0.3, -0.25) is 9.79 Å². The molecule has 144 valence electrons. The molecule has 1 aromatic carbocycles. The Labute approximate surface area is 160 Å². The summed E-state index contributed by atoms with van der Waals surface area (Å²) < 4.78 is 7.01. The fourth-order valence-electron chi connectivity index (χ4n) is 3.32. The summed E-state index contributed by atoms with van der Waals surface area (Å²) in [5.74, 6) is 0.637. The van der Waals surface area contributed by atoms with Gasteiger partial charge in [0.1, 0.15) is 0 Å². The lowest BCUT2D eigenvalue weighted by molar-refractivity contribution is -0.149. The molecule has 2 heterocycles. The molecule has 1 N–H and O–H groups in total. The van der Waals surface area contributed by atoms with Crippen LogP contribution in [0.15, 0.2) is 47.7 Å². The molecule has 1 saturated heterocycles. The molecule has 1 unspecified atom stereocenters. The largest absolute Gasteiger partial charge is 0.466 e. The van der Waals surface area contributed by atoms with E-state index in [4.69, 9.17) is 4.74 Å². The highest BCUT2D eigenvalue weighted by molar-refractivity contribution is 5.81. The Balaban J connectivity index is 1.56. The third-order valence-corrected chi connectivity index (χ3v) is 4.71. The normalized spacial score (nSPS) is 17.6. The van der Waals surface area contributed by atoms with Gasteiger partial charge in [0.15, 0.2) is 5.96 Å². The van der Waals surface area contributed by atoms with Gasteiger partial charge in [0.05, 0.1) is 18.2 Å². The topological polar surface area (TPSA) is 71.8 Å². The molecular weight excluding hydrogens is 342 g/mol. The minimum absolute atomic E-state index is 0.0781. The molecule has 7 heteroatoms. The summed E-state index contributed by atoms with van der Waals surface area (Å²) in [6.07, 6.45) is 5.52. The highest BCUT2D eigenvalue weighted by Crippen LogP contribution is 2.18. The second kappa shape index (κ2) is 9.21. The van der Waals surface area contributed by atoms with Gasteiger partial charge in [-0.1, -0.05) is 12.1 Å². The number of nitrogens with one attached hydrogen (secondary N) is 1. The number of hydrogen-bond donors (Lipinski definition) is 1. The number of piperidine rings is 1. The van der Waals surface area contributed by atoms with Gasteiger partial charge in [-0.25, -0.2) is 4.68 Å². The SMILES string of the molecule is CCOC(=O)C1CCCN(C(=NC)NCc2ccc(-n3cccn3)cc2)C1. The maximum absolute atomic E-state index is 12.0. The van der Waals surface area contributed by atoms with E-state index >= 15 is 0 Å². The maximum Gasteiger partial charge on any atom is 0.310 e. The molecule has 0 amide bonds. The highest BCUT2D eigenvalue weighted by atomic mass is 16.5. The van der Waals surface area contributed by atoms with E-state index in [1.54, 1.807) is 13.2 Å². The number of guanidine groups is 1. The zero-order chi connectivity index (χ0) is 19.1. The lowest BCUT2D eigenvalue weighted by Gasteiger charge is -2.34. The molecule has 1 aliphatic heterocycles. The van der Waals surface area contributed by atoms with Crippen molar-refractivity contribution in [3.63, 3.8) is 0 Å². The van der Waals surface area contributed by atoms with Crippen LogP contribution in [0, 0.1) is 5.92 Å². The minimum Gasteiger partial charge on any atom is -0.466 e. The summed E-state index contributed by atoms with van der Waals surface area (Å²) in [5.41, 5.74) is 2.19. The average molecular weight is 369 g/mol. The minimum atomic E-state index is -0.105. The van der Waals surface area contributed by atoms with Gasteiger partial charge in [0.2, 0.25) is 0 Å². The first kappa shape index (κ1) is 18.9. The van der Waals surface area contributed by atoms with Crippen LogP contribution in [0.1, 0.15) is 25.3 Å². The fourth-order valence-corrected chi connectivity index (χ4v) is 3.32. The van der Waals surface area contributed by atoms with Crippen molar-refractivity contribution < 1.29 is 9.53 Å². The summed E-state index contributed by atoms with van der Waals surface area (Å²) in [6, 6.07) is 10.2. The lowest BCUT2D eigenvalue weighted by Crippen LogP contribution is -2.48. The van der Waals surface area contributed by atoms with Crippen molar-refractivity contribution in [1.82, 2.24) is 20.0 Å². The van der Waals surface area contributed by atoms with Crippen molar-refractivity contribution in [3.8, 4) is 5.69 Å². The maximum atomic E-state index is 12.0. The van der Waals surface area contributed by atoms with Crippen LogP contribution in [0.3, 0.4) is 0 Å². The Kier molecular flexibility index (Phi) is 6.46. The molecule has 27 heavy (non-hydrogen) atoms. The smallest absolute Gasteiger partial charge is 0.310 e. The van der Waals surface area contributed by atoms with E-state index in [1.807, 2.05) is 36.0 Å². The van der Waals surface area contributed by atoms with Gasteiger partial charge in [-0.05, 0) is 43.5 Å². The van der Waals surface area contributed by atoms with E-state index in [9.17, 15) is 4.79 Å². The number of carbonyl (C=O) groups excluding carboxylic acids is 1. The average Bonchev–Trinajstić information content (AvgIpc) is 3.24. The van der Waals surface area contributed by atoms with Crippen LogP contribution in [0.25, 0.3) is 5.69 Å². The molecule has 1 aromatic heterocycles. The Hall–Kier alpha value is -2.83. The summed E-state index contributed by atoms with van der Waals surface area (Å²) in [5, 5.41) is 7.64. The van der Waals surface area contributed by atoms with Crippen LogP contribution in [0.5, 0.6) is 0 Å². The van der Waals surface area contributed by atoms with E-state index in [0.717, 1.165) is 36.6 Å². The molecule has 1 atom stereocenters. The predicted molar refractivity (Wildman–Crippen MR) is 105 cm³/mol. The van der Waals surface area contributed by atoms with Crippen LogP contribution < -0.4 is 5.32 Å². The molecule has 1 aliphatic rings. The molecule has 1 fully saturated rings. The Bertz CT molecular complexity index is 755. The van der Waals surface area contributed by atoms with Crippen molar-refractivity contribution in [2.24, 2.45) is 10.9 Å². The molecule has 0 bridgehead atoms. The third kappa shape index (κ3) is 4.87. The van der Waals surface area contributed by atoms with E-state index in [2.05, 4.69) is 32.4 Å². The lowest BCUT2D eigenvalue weighted by atomic mass is 9.98. The van der Waals surface area contributed by atoms with Gasteiger partial charge in [0.25, 0.3) is 0 Å². The number of rotatable bonds is 5. The standard InChI is InChI=1S/C20H27N5O2/c1-3-27-19(26)17-6-4-12-24(15-17)20(21-2)22-14-16-7-9-18(10-8-16)25-13-5-11-23-25/h5,7-11,13,17H,3-4,6,12,14-15H2,1-2H3,(H,21,22). The molecule has 0 aliphatic carbocycles. The van der Waals surface area contributed by atoms with Crippen LogP contribution in [-0.4, -0.2) is 53.4 Å². The first-order chi connectivity index (χ1) is 13.2. The number of nitrogens with zero attached hydrogens (tertiary/aromatic N) is 4. The van der Waals surface area contributed by atoms with Crippen molar-refractivity contribution in [1.29, 1.82) is 0 Å². The fraction of sp³-hybridized carbons (Fsp3) is 0.450. The van der Waals surface area contributed by atoms with Crippen molar-refractivity contribution in [3.05, 3.63) is 48.3 Å². The summed E-state index contributed by atoms with van der Waals surface area (Å²) in [4.78, 5) is 18.6. The van der Waals surface area contributed by atoms with E-state index in [1.165, 1.54) is 0 Å². The first-order valence-electron chi connectivity index (χ1n) is 9.42. The first-order valence-corrected chi connectivity index (χ1v) is 9.42. The number of esters is 1. The molecule has 2 aromatic rings. The van der Waals surface area contributed by atoms with Crippen LogP contribution >= 0.6 is 0 Å². The number of carbonyl (C=O) groups is 1. The number of aliphatic imine (C=N–C) groups is 1. The highest BCUT2D eigenvalue weighted by Gasteiger charge is 2.28. The number of aromatic nitrogens is 2. The second-order valence-electron chi connectivity index (χ2n) is 6.56. The predicted octanol–water partition coefficient (Wildman–Crippen LogP) is 2.22. The zero-order valence-corrected chi connectivity index (χ0v) is 16.0. The molecule has 0 spiro atoms. The van der Waals surface area contributed by atoms with Gasteiger partial charge < -0.3 is 15.0 Å². The molecule has 0 saturated carbocycles. The second-order valence-corrected chi connectivity index (χ2v) is 6.56. The molecule has 3 rings (SSSR count). The van der Waals surface area contributed by atoms with E-state index in [-0.39, 0.29) is 11.9 Å². The van der Waals surface area contributed by atoms with E-state index in [0.29, 0.717) is 19.7 Å².